The molecule has 2 atom stereocenters. The fraction of sp³-hybridized carbons (Fsp3) is 0.571. The van der Waals surface area contributed by atoms with Crippen LogP contribution in [0.1, 0.15) is 27.2 Å². The van der Waals surface area contributed by atoms with Crippen molar-refractivity contribution in [2.45, 2.75) is 33.2 Å². The molecule has 0 saturated heterocycles. The first-order valence-corrected chi connectivity index (χ1v) is 6.59. The Balaban J connectivity index is 2.95. The van der Waals surface area contributed by atoms with Crippen molar-refractivity contribution in [2.75, 3.05) is 19.5 Å². The molecular weight excluding hydrogens is 250 g/mol. The summed E-state index contributed by atoms with van der Waals surface area (Å²) in [5.41, 5.74) is 0.877. The minimum atomic E-state index is 0.352. The Labute approximate surface area is 114 Å². The average molecular weight is 272 g/mol. The van der Waals surface area contributed by atoms with Gasteiger partial charge in [0.25, 0.3) is 0 Å². The number of rotatable bonds is 6. The van der Waals surface area contributed by atoms with Crippen LogP contribution in [-0.2, 0) is 0 Å². The summed E-state index contributed by atoms with van der Waals surface area (Å²) in [6.45, 7) is 6.55. The number of benzene rings is 1. The smallest absolute Gasteiger partial charge is 0.162 e. The van der Waals surface area contributed by atoms with Crippen LogP contribution in [0.15, 0.2) is 12.1 Å². The number of methoxy groups -OCH3 is 2. The highest BCUT2D eigenvalue weighted by molar-refractivity contribution is 6.33. The Morgan fingerprint density at radius 1 is 1.17 bits per heavy atom. The van der Waals surface area contributed by atoms with E-state index in [2.05, 4.69) is 26.1 Å². The van der Waals surface area contributed by atoms with Crippen molar-refractivity contribution in [2.24, 2.45) is 5.92 Å². The zero-order valence-electron chi connectivity index (χ0n) is 11.7. The molecule has 0 saturated carbocycles. The maximum Gasteiger partial charge on any atom is 0.162 e. The predicted octanol–water partition coefficient (Wildman–Crippen LogP) is 4.20. The molecule has 0 fully saturated rings. The quantitative estimate of drug-likeness (QED) is 0.841. The molecule has 0 spiro atoms. The molecule has 0 amide bonds. The van der Waals surface area contributed by atoms with Gasteiger partial charge in [0.15, 0.2) is 11.5 Å². The Kier molecular flexibility index (Phi) is 5.60. The highest BCUT2D eigenvalue weighted by Crippen LogP contribution is 2.36. The molecule has 102 valence electrons. The van der Waals surface area contributed by atoms with Crippen molar-refractivity contribution in [1.82, 2.24) is 0 Å². The fourth-order valence-electron chi connectivity index (χ4n) is 1.71. The minimum Gasteiger partial charge on any atom is -0.493 e. The zero-order chi connectivity index (χ0) is 13.7. The van der Waals surface area contributed by atoms with E-state index in [0.29, 0.717) is 28.5 Å². The third kappa shape index (κ3) is 3.45. The van der Waals surface area contributed by atoms with Crippen molar-refractivity contribution in [3.05, 3.63) is 17.2 Å². The van der Waals surface area contributed by atoms with Crippen molar-refractivity contribution >= 4 is 17.3 Å². The molecule has 1 rings (SSSR count). The van der Waals surface area contributed by atoms with Crippen LogP contribution in [0, 0.1) is 5.92 Å². The number of halogens is 1. The second-order valence-corrected chi connectivity index (χ2v) is 4.91. The van der Waals surface area contributed by atoms with Crippen LogP contribution in [0.5, 0.6) is 11.5 Å². The number of ether oxygens (including phenoxy) is 2. The Morgan fingerprint density at radius 2 is 1.72 bits per heavy atom. The van der Waals surface area contributed by atoms with E-state index < -0.39 is 0 Å². The van der Waals surface area contributed by atoms with Gasteiger partial charge in [-0.3, -0.25) is 0 Å². The second kappa shape index (κ2) is 6.74. The van der Waals surface area contributed by atoms with Gasteiger partial charge >= 0.3 is 0 Å². The van der Waals surface area contributed by atoms with Gasteiger partial charge in [0.2, 0.25) is 0 Å². The topological polar surface area (TPSA) is 30.5 Å². The van der Waals surface area contributed by atoms with Crippen LogP contribution in [-0.4, -0.2) is 20.3 Å². The second-order valence-electron chi connectivity index (χ2n) is 4.51. The van der Waals surface area contributed by atoms with Gasteiger partial charge in [0, 0.05) is 18.2 Å². The molecule has 0 aliphatic heterocycles. The van der Waals surface area contributed by atoms with E-state index in [9.17, 15) is 0 Å². The van der Waals surface area contributed by atoms with Gasteiger partial charge in [-0.2, -0.15) is 0 Å². The molecule has 0 radical (unpaired) electrons. The lowest BCUT2D eigenvalue weighted by Gasteiger charge is -2.22. The van der Waals surface area contributed by atoms with E-state index in [0.717, 1.165) is 12.1 Å². The molecule has 3 nitrogen and oxygen atoms in total. The SMILES string of the molecule is CCC(C)C(C)Nc1cc(OC)c(OC)cc1Cl. The largest absolute Gasteiger partial charge is 0.493 e. The van der Waals surface area contributed by atoms with E-state index in [1.54, 1.807) is 20.3 Å². The molecule has 0 bridgehead atoms. The predicted molar refractivity (Wildman–Crippen MR) is 77.1 cm³/mol. The Hall–Kier alpha value is -1.09. The number of nitrogens with one attached hydrogen (secondary N) is 1. The van der Waals surface area contributed by atoms with Gasteiger partial charge in [-0.1, -0.05) is 31.9 Å². The average Bonchev–Trinajstić information content (AvgIpc) is 2.39. The van der Waals surface area contributed by atoms with Crippen LogP contribution < -0.4 is 14.8 Å². The molecule has 0 heterocycles. The van der Waals surface area contributed by atoms with E-state index in [1.165, 1.54) is 0 Å². The number of hydrogen-bond acceptors (Lipinski definition) is 3. The summed E-state index contributed by atoms with van der Waals surface area (Å²) in [5, 5.41) is 4.06. The molecular formula is C14H22ClNO2. The van der Waals surface area contributed by atoms with Crippen LogP contribution >= 0.6 is 11.6 Å². The van der Waals surface area contributed by atoms with Gasteiger partial charge in [-0.15, -0.1) is 0 Å². The maximum absolute atomic E-state index is 6.23. The van der Waals surface area contributed by atoms with Crippen LogP contribution in [0.3, 0.4) is 0 Å². The molecule has 1 aromatic rings. The summed E-state index contributed by atoms with van der Waals surface area (Å²) >= 11 is 6.23. The van der Waals surface area contributed by atoms with Crippen LogP contribution in [0.25, 0.3) is 0 Å². The first-order chi connectivity index (χ1) is 8.53. The van der Waals surface area contributed by atoms with Crippen molar-refractivity contribution in [1.29, 1.82) is 0 Å². The summed E-state index contributed by atoms with van der Waals surface area (Å²) in [5.74, 6) is 1.90. The van der Waals surface area contributed by atoms with E-state index in [4.69, 9.17) is 21.1 Å². The Morgan fingerprint density at radius 3 is 2.22 bits per heavy atom. The third-order valence-corrected chi connectivity index (χ3v) is 3.67. The van der Waals surface area contributed by atoms with Gasteiger partial charge in [-0.25, -0.2) is 0 Å². The monoisotopic (exact) mass is 271 g/mol. The molecule has 18 heavy (non-hydrogen) atoms. The zero-order valence-corrected chi connectivity index (χ0v) is 12.5. The lowest BCUT2D eigenvalue weighted by Crippen LogP contribution is -2.23. The lowest BCUT2D eigenvalue weighted by atomic mass is 10.0. The molecule has 0 aliphatic rings. The van der Waals surface area contributed by atoms with Gasteiger partial charge < -0.3 is 14.8 Å². The van der Waals surface area contributed by atoms with E-state index >= 15 is 0 Å². The maximum atomic E-state index is 6.23. The van der Waals surface area contributed by atoms with Crippen LogP contribution in [0.2, 0.25) is 5.02 Å². The summed E-state index contributed by atoms with van der Waals surface area (Å²) in [6.07, 6.45) is 1.12. The normalized spacial score (nSPS) is 13.9. The summed E-state index contributed by atoms with van der Waals surface area (Å²) in [7, 11) is 3.22. The highest BCUT2D eigenvalue weighted by Gasteiger charge is 2.14. The highest BCUT2D eigenvalue weighted by atomic mass is 35.5. The summed E-state index contributed by atoms with van der Waals surface area (Å²) in [6, 6.07) is 4.00. The van der Waals surface area contributed by atoms with Crippen molar-refractivity contribution < 1.29 is 9.47 Å². The van der Waals surface area contributed by atoms with Crippen LogP contribution in [0.4, 0.5) is 5.69 Å². The molecule has 0 aromatic heterocycles. The molecule has 4 heteroatoms. The first kappa shape index (κ1) is 15.0. The molecule has 2 unspecified atom stereocenters. The van der Waals surface area contributed by atoms with Gasteiger partial charge in [-0.05, 0) is 12.8 Å². The molecule has 1 aromatic carbocycles. The lowest BCUT2D eigenvalue weighted by molar-refractivity contribution is 0.355. The summed E-state index contributed by atoms with van der Waals surface area (Å²) < 4.78 is 10.5. The Bertz CT molecular complexity index is 396. The number of anilines is 1. The first-order valence-electron chi connectivity index (χ1n) is 6.21. The standard InChI is InChI=1S/C14H22ClNO2/c1-6-9(2)10(3)16-12-8-14(18-5)13(17-4)7-11(12)15/h7-10,16H,6H2,1-5H3. The van der Waals surface area contributed by atoms with Crippen molar-refractivity contribution in [3.8, 4) is 11.5 Å². The van der Waals surface area contributed by atoms with E-state index in [1.807, 2.05) is 6.07 Å². The molecule has 1 N–H and O–H groups in total. The van der Waals surface area contributed by atoms with Crippen molar-refractivity contribution in [3.63, 3.8) is 0 Å². The minimum absolute atomic E-state index is 0.352. The summed E-state index contributed by atoms with van der Waals surface area (Å²) in [4.78, 5) is 0. The fourth-order valence-corrected chi connectivity index (χ4v) is 1.91. The number of hydrogen-bond donors (Lipinski definition) is 1. The van der Waals surface area contributed by atoms with Gasteiger partial charge in [0.05, 0.1) is 24.9 Å². The third-order valence-electron chi connectivity index (χ3n) is 3.35. The van der Waals surface area contributed by atoms with Gasteiger partial charge in [0.1, 0.15) is 0 Å². The van der Waals surface area contributed by atoms with E-state index in [-0.39, 0.29) is 0 Å². The molecule has 0 aliphatic carbocycles.